The third kappa shape index (κ3) is 2.42. The zero-order valence-corrected chi connectivity index (χ0v) is 9.02. The summed E-state index contributed by atoms with van der Waals surface area (Å²) in [5, 5.41) is 12.1. The Balaban J connectivity index is 1.99. The lowest BCUT2D eigenvalue weighted by molar-refractivity contribution is 0.200. The molecule has 2 N–H and O–H groups in total. The van der Waals surface area contributed by atoms with Crippen molar-refractivity contribution in [2.24, 2.45) is 0 Å². The predicted octanol–water partition coefficient (Wildman–Crippen LogP) is 1.80. The molecule has 0 unspecified atom stereocenters. The lowest BCUT2D eigenvalue weighted by Crippen LogP contribution is -2.38. The molecule has 5 heteroatoms. The van der Waals surface area contributed by atoms with Gasteiger partial charge < -0.3 is 10.0 Å². The van der Waals surface area contributed by atoms with Crippen molar-refractivity contribution in [2.75, 3.05) is 18.4 Å². The monoisotopic (exact) mass is 221 g/mol. The SMILES string of the molecule is O=C(Nc1ncccc1O)N1CCCCC1. The first-order valence-electron chi connectivity index (χ1n) is 5.47. The van der Waals surface area contributed by atoms with Crippen molar-refractivity contribution in [2.45, 2.75) is 19.3 Å². The number of urea groups is 1. The number of carbonyl (C=O) groups excluding carboxylic acids is 1. The fraction of sp³-hybridized carbons (Fsp3) is 0.455. The topological polar surface area (TPSA) is 65.5 Å². The first kappa shape index (κ1) is 10.7. The van der Waals surface area contributed by atoms with Crippen LogP contribution in [-0.2, 0) is 0 Å². The Morgan fingerprint density at radius 1 is 1.38 bits per heavy atom. The molecule has 16 heavy (non-hydrogen) atoms. The van der Waals surface area contributed by atoms with Crippen molar-refractivity contribution in [3.8, 4) is 5.75 Å². The van der Waals surface area contributed by atoms with E-state index in [1.165, 1.54) is 18.7 Å². The van der Waals surface area contributed by atoms with Gasteiger partial charge in [0.1, 0.15) is 0 Å². The molecule has 0 saturated carbocycles. The summed E-state index contributed by atoms with van der Waals surface area (Å²) in [5.74, 6) is 0.214. The van der Waals surface area contributed by atoms with E-state index in [-0.39, 0.29) is 17.6 Å². The summed E-state index contributed by atoms with van der Waals surface area (Å²) < 4.78 is 0. The molecule has 0 aromatic carbocycles. The maximum atomic E-state index is 11.8. The smallest absolute Gasteiger partial charge is 0.323 e. The number of likely N-dealkylation sites (tertiary alicyclic amines) is 1. The quantitative estimate of drug-likeness (QED) is 0.760. The number of anilines is 1. The van der Waals surface area contributed by atoms with Crippen LogP contribution >= 0.6 is 0 Å². The van der Waals surface area contributed by atoms with Gasteiger partial charge in [0.25, 0.3) is 0 Å². The molecule has 1 aliphatic rings. The van der Waals surface area contributed by atoms with Crippen LogP contribution in [-0.4, -0.2) is 34.1 Å². The standard InChI is InChI=1S/C11H15N3O2/c15-9-5-4-6-12-10(9)13-11(16)14-7-2-1-3-8-14/h4-6,15H,1-3,7-8H2,(H,12,13,16). The molecule has 0 radical (unpaired) electrons. The van der Waals surface area contributed by atoms with Crippen LogP contribution in [0.15, 0.2) is 18.3 Å². The van der Waals surface area contributed by atoms with Gasteiger partial charge in [-0.25, -0.2) is 9.78 Å². The van der Waals surface area contributed by atoms with E-state index in [9.17, 15) is 9.90 Å². The summed E-state index contributed by atoms with van der Waals surface area (Å²) in [4.78, 5) is 17.4. The summed E-state index contributed by atoms with van der Waals surface area (Å²) in [7, 11) is 0. The molecule has 86 valence electrons. The number of piperidine rings is 1. The van der Waals surface area contributed by atoms with Crippen molar-refractivity contribution < 1.29 is 9.90 Å². The Kier molecular flexibility index (Phi) is 3.24. The van der Waals surface area contributed by atoms with Crippen LogP contribution < -0.4 is 5.32 Å². The highest BCUT2D eigenvalue weighted by Gasteiger charge is 2.17. The summed E-state index contributed by atoms with van der Waals surface area (Å²) in [6, 6.07) is 2.93. The summed E-state index contributed by atoms with van der Waals surface area (Å²) in [6.45, 7) is 1.55. The van der Waals surface area contributed by atoms with Crippen LogP contribution in [0, 0.1) is 0 Å². The fourth-order valence-corrected chi connectivity index (χ4v) is 1.77. The van der Waals surface area contributed by atoms with Gasteiger partial charge in [-0.1, -0.05) is 0 Å². The van der Waals surface area contributed by atoms with E-state index < -0.39 is 0 Å². The highest BCUT2D eigenvalue weighted by molar-refractivity contribution is 5.89. The average molecular weight is 221 g/mol. The molecule has 2 rings (SSSR count). The number of aromatic hydroxyl groups is 1. The van der Waals surface area contributed by atoms with Crippen LogP contribution in [0.1, 0.15) is 19.3 Å². The third-order valence-corrected chi connectivity index (χ3v) is 2.66. The van der Waals surface area contributed by atoms with Crippen LogP contribution in [0.2, 0.25) is 0 Å². The molecule has 2 amide bonds. The zero-order valence-electron chi connectivity index (χ0n) is 9.02. The van der Waals surface area contributed by atoms with Gasteiger partial charge in [-0.05, 0) is 31.4 Å². The second kappa shape index (κ2) is 4.83. The second-order valence-corrected chi connectivity index (χ2v) is 3.85. The van der Waals surface area contributed by atoms with Gasteiger partial charge in [0.15, 0.2) is 11.6 Å². The summed E-state index contributed by atoms with van der Waals surface area (Å²) in [5.41, 5.74) is 0. The van der Waals surface area contributed by atoms with Gasteiger partial charge in [0.05, 0.1) is 0 Å². The molecule has 1 fully saturated rings. The Bertz CT molecular complexity index is 375. The van der Waals surface area contributed by atoms with Crippen molar-refractivity contribution in [3.63, 3.8) is 0 Å². The minimum Gasteiger partial charge on any atom is -0.504 e. The van der Waals surface area contributed by atoms with Gasteiger partial charge in [-0.3, -0.25) is 5.32 Å². The number of amides is 2. The zero-order chi connectivity index (χ0) is 11.4. The highest BCUT2D eigenvalue weighted by Crippen LogP contribution is 2.19. The van der Waals surface area contributed by atoms with Crippen molar-refractivity contribution in [1.82, 2.24) is 9.88 Å². The maximum absolute atomic E-state index is 11.8. The van der Waals surface area contributed by atoms with Gasteiger partial charge in [-0.15, -0.1) is 0 Å². The Morgan fingerprint density at radius 3 is 2.81 bits per heavy atom. The van der Waals surface area contributed by atoms with E-state index in [4.69, 9.17) is 0 Å². The van der Waals surface area contributed by atoms with Gasteiger partial charge in [0, 0.05) is 19.3 Å². The first-order valence-corrected chi connectivity index (χ1v) is 5.47. The Hall–Kier alpha value is -1.78. The molecule has 0 aliphatic carbocycles. The summed E-state index contributed by atoms with van der Waals surface area (Å²) >= 11 is 0. The minimum absolute atomic E-state index is 0.00661. The largest absolute Gasteiger partial charge is 0.504 e. The number of nitrogens with zero attached hydrogens (tertiary/aromatic N) is 2. The number of aromatic nitrogens is 1. The third-order valence-electron chi connectivity index (χ3n) is 2.66. The minimum atomic E-state index is -0.186. The van der Waals surface area contributed by atoms with Crippen LogP contribution in [0.25, 0.3) is 0 Å². The molecule has 0 atom stereocenters. The van der Waals surface area contributed by atoms with Crippen LogP contribution in [0.3, 0.4) is 0 Å². The van der Waals surface area contributed by atoms with Gasteiger partial charge in [0.2, 0.25) is 0 Å². The molecule has 0 spiro atoms. The van der Waals surface area contributed by atoms with E-state index in [0.717, 1.165) is 25.9 Å². The summed E-state index contributed by atoms with van der Waals surface area (Å²) in [6.07, 6.45) is 4.80. The number of carbonyl (C=O) groups is 1. The van der Waals surface area contributed by atoms with Gasteiger partial charge >= 0.3 is 6.03 Å². The molecule has 1 aliphatic heterocycles. The molecule has 2 heterocycles. The van der Waals surface area contributed by atoms with E-state index in [1.54, 1.807) is 11.0 Å². The normalized spacial score (nSPS) is 15.9. The molecule has 1 aromatic rings. The first-order chi connectivity index (χ1) is 7.77. The lowest BCUT2D eigenvalue weighted by atomic mass is 10.1. The maximum Gasteiger partial charge on any atom is 0.323 e. The fourth-order valence-electron chi connectivity index (χ4n) is 1.77. The predicted molar refractivity (Wildman–Crippen MR) is 60.3 cm³/mol. The van der Waals surface area contributed by atoms with Crippen molar-refractivity contribution in [1.29, 1.82) is 0 Å². The Labute approximate surface area is 94.1 Å². The average Bonchev–Trinajstić information content (AvgIpc) is 2.33. The molecular formula is C11H15N3O2. The van der Waals surface area contributed by atoms with E-state index in [1.807, 2.05) is 0 Å². The number of nitrogens with one attached hydrogen (secondary N) is 1. The second-order valence-electron chi connectivity index (χ2n) is 3.85. The highest BCUT2D eigenvalue weighted by atomic mass is 16.3. The van der Waals surface area contributed by atoms with E-state index >= 15 is 0 Å². The number of hydrogen-bond acceptors (Lipinski definition) is 3. The molecule has 1 aromatic heterocycles. The Morgan fingerprint density at radius 2 is 2.12 bits per heavy atom. The van der Waals surface area contributed by atoms with Crippen LogP contribution in [0.5, 0.6) is 5.75 Å². The van der Waals surface area contributed by atoms with Crippen molar-refractivity contribution >= 4 is 11.8 Å². The molecule has 1 saturated heterocycles. The molecule has 0 bridgehead atoms. The van der Waals surface area contributed by atoms with Crippen molar-refractivity contribution in [3.05, 3.63) is 18.3 Å². The van der Waals surface area contributed by atoms with Gasteiger partial charge in [-0.2, -0.15) is 0 Å². The number of rotatable bonds is 1. The molecule has 5 nitrogen and oxygen atoms in total. The lowest BCUT2D eigenvalue weighted by Gasteiger charge is -2.26. The number of hydrogen-bond donors (Lipinski definition) is 2. The number of pyridine rings is 1. The van der Waals surface area contributed by atoms with E-state index in [0.29, 0.717) is 0 Å². The molecular weight excluding hydrogens is 206 g/mol. The van der Waals surface area contributed by atoms with E-state index in [2.05, 4.69) is 10.3 Å². The van der Waals surface area contributed by atoms with Crippen LogP contribution in [0.4, 0.5) is 10.6 Å².